The lowest BCUT2D eigenvalue weighted by atomic mass is 10.2. The molecule has 0 atom stereocenters. The zero-order valence-electron chi connectivity index (χ0n) is 16.6. The molecule has 158 valence electrons. The van der Waals surface area contributed by atoms with Gasteiger partial charge in [-0.25, -0.2) is 23.1 Å². The zero-order valence-corrected chi connectivity index (χ0v) is 17.4. The van der Waals surface area contributed by atoms with Gasteiger partial charge in [0.15, 0.2) is 15.7 Å². The zero-order chi connectivity index (χ0) is 22.1. The lowest BCUT2D eigenvalue weighted by molar-refractivity contribution is 0.0129. The van der Waals surface area contributed by atoms with E-state index in [1.807, 2.05) is 0 Å². The topological polar surface area (TPSA) is 93.3 Å². The summed E-state index contributed by atoms with van der Waals surface area (Å²) in [5.74, 6) is -2.80. The average Bonchev–Trinajstić information content (AvgIpc) is 3.14. The van der Waals surface area contributed by atoms with Crippen LogP contribution in [0, 0.1) is 0 Å². The molecule has 3 aromatic rings. The third-order valence-electron chi connectivity index (χ3n) is 4.30. The van der Waals surface area contributed by atoms with Gasteiger partial charge in [-0.15, -0.1) is 0 Å². The molecule has 0 unspecified atom stereocenters. The Hall–Kier alpha value is -3.21. The first-order chi connectivity index (χ1) is 14.1. The van der Waals surface area contributed by atoms with E-state index < -0.39 is 21.5 Å². The van der Waals surface area contributed by atoms with Gasteiger partial charge in [0, 0.05) is 38.0 Å². The molecule has 3 heterocycles. The van der Waals surface area contributed by atoms with Crippen LogP contribution in [0.15, 0.2) is 53.3 Å². The number of nitrogens with zero attached hydrogens (tertiary/aromatic N) is 6. The predicted octanol–water partition coefficient (Wildman–Crippen LogP) is 3.33. The molecular formula is C19H20F2N6O2S. The number of hydrogen-bond donors (Lipinski definition) is 0. The molecule has 8 nitrogen and oxygen atoms in total. The van der Waals surface area contributed by atoms with Crippen molar-refractivity contribution in [2.75, 3.05) is 17.7 Å². The van der Waals surface area contributed by atoms with E-state index in [2.05, 4.69) is 26.6 Å². The molecule has 30 heavy (non-hydrogen) atoms. The van der Waals surface area contributed by atoms with Gasteiger partial charge in [0.1, 0.15) is 16.4 Å². The molecule has 3 aromatic heterocycles. The molecule has 0 bridgehead atoms. The number of aliphatic imine (C=N–C) groups is 1. The Balaban J connectivity index is 2.21. The molecule has 3 rings (SSSR count). The van der Waals surface area contributed by atoms with Gasteiger partial charge in [-0.1, -0.05) is 13.5 Å². The summed E-state index contributed by atoms with van der Waals surface area (Å²) in [6.45, 7) is 5.77. The first kappa shape index (κ1) is 21.5. The van der Waals surface area contributed by atoms with Crippen LogP contribution in [0.5, 0.6) is 0 Å². The maximum Gasteiger partial charge on any atom is 0.287 e. The smallest absolute Gasteiger partial charge is 0.287 e. The quantitative estimate of drug-likeness (QED) is 0.418. The van der Waals surface area contributed by atoms with E-state index in [4.69, 9.17) is 0 Å². The second-order valence-electron chi connectivity index (χ2n) is 6.54. The van der Waals surface area contributed by atoms with Crippen molar-refractivity contribution in [3.05, 3.63) is 49.1 Å². The monoisotopic (exact) mass is 434 g/mol. The van der Waals surface area contributed by atoms with Gasteiger partial charge in [-0.05, 0) is 18.2 Å². The van der Waals surface area contributed by atoms with Crippen LogP contribution in [-0.4, -0.2) is 47.3 Å². The van der Waals surface area contributed by atoms with Crippen LogP contribution >= 0.6 is 0 Å². The Labute approximate surface area is 172 Å². The van der Waals surface area contributed by atoms with Gasteiger partial charge in [-0.2, -0.15) is 13.9 Å². The molecule has 0 aliphatic heterocycles. The summed E-state index contributed by atoms with van der Waals surface area (Å²) < 4.78 is 53.7. The van der Waals surface area contributed by atoms with E-state index in [0.29, 0.717) is 11.2 Å². The number of halogens is 2. The van der Waals surface area contributed by atoms with Crippen molar-refractivity contribution in [1.82, 2.24) is 19.7 Å². The second kappa shape index (κ2) is 7.90. The van der Waals surface area contributed by atoms with E-state index in [0.717, 1.165) is 6.92 Å². The van der Waals surface area contributed by atoms with Crippen LogP contribution in [-0.2, 0) is 15.8 Å². The standard InChI is InChI=1S/C19H20F2N6O2S/c1-5-22-12-26(4)17-8-7-15(30(28,29)6-2)18(24-17)27-11-13-10-23-16(19(3,20)21)9-14(13)25-27/h5,7-12H,1,6H2,2-4H3/b22-12-. The Morgan fingerprint density at radius 2 is 2.10 bits per heavy atom. The third kappa shape index (κ3) is 4.20. The fourth-order valence-corrected chi connectivity index (χ4v) is 3.66. The minimum absolute atomic E-state index is 0.0235. The summed E-state index contributed by atoms with van der Waals surface area (Å²) in [4.78, 5) is 13.7. The molecule has 0 aliphatic carbocycles. The molecule has 0 radical (unpaired) electrons. The maximum atomic E-state index is 13.6. The fraction of sp³-hybridized carbons (Fsp3) is 0.263. The highest BCUT2D eigenvalue weighted by atomic mass is 32.2. The molecule has 0 saturated carbocycles. The Bertz CT molecular complexity index is 1230. The molecule has 0 aliphatic rings. The Morgan fingerprint density at radius 3 is 2.73 bits per heavy atom. The number of alkyl halides is 2. The Morgan fingerprint density at radius 1 is 1.37 bits per heavy atom. The number of pyridine rings is 2. The van der Waals surface area contributed by atoms with Crippen LogP contribution in [0.3, 0.4) is 0 Å². The minimum atomic E-state index is -3.63. The molecule has 0 fully saturated rings. The molecular weight excluding hydrogens is 414 g/mol. The number of anilines is 1. The predicted molar refractivity (Wildman–Crippen MR) is 111 cm³/mol. The molecule has 0 amide bonds. The second-order valence-corrected chi connectivity index (χ2v) is 8.79. The average molecular weight is 434 g/mol. The molecule has 0 spiro atoms. The van der Waals surface area contributed by atoms with Gasteiger partial charge < -0.3 is 4.90 Å². The van der Waals surface area contributed by atoms with Crippen molar-refractivity contribution in [2.24, 2.45) is 4.99 Å². The van der Waals surface area contributed by atoms with E-state index in [9.17, 15) is 17.2 Å². The maximum absolute atomic E-state index is 13.6. The molecule has 0 aromatic carbocycles. The highest BCUT2D eigenvalue weighted by Gasteiger charge is 2.27. The van der Waals surface area contributed by atoms with Crippen molar-refractivity contribution in [3.63, 3.8) is 0 Å². The highest BCUT2D eigenvalue weighted by Crippen LogP contribution is 2.28. The van der Waals surface area contributed by atoms with E-state index in [1.54, 1.807) is 18.0 Å². The van der Waals surface area contributed by atoms with Crippen LogP contribution in [0.2, 0.25) is 0 Å². The SMILES string of the molecule is C=C/N=C\N(C)c1ccc(S(=O)(=O)CC)c(-n2cc3cnc(C(C)(F)F)cc3n2)n1. The van der Waals surface area contributed by atoms with Gasteiger partial charge in [0.05, 0.1) is 17.6 Å². The third-order valence-corrected chi connectivity index (χ3v) is 6.05. The first-order valence-electron chi connectivity index (χ1n) is 8.91. The lowest BCUT2D eigenvalue weighted by Crippen LogP contribution is -2.18. The van der Waals surface area contributed by atoms with Gasteiger partial charge in [-0.3, -0.25) is 4.98 Å². The number of sulfone groups is 1. The highest BCUT2D eigenvalue weighted by molar-refractivity contribution is 7.91. The van der Waals surface area contributed by atoms with E-state index in [1.165, 1.54) is 48.7 Å². The summed E-state index contributed by atoms with van der Waals surface area (Å²) in [7, 11) is -1.95. The largest absolute Gasteiger partial charge is 0.320 e. The first-order valence-corrected chi connectivity index (χ1v) is 10.6. The lowest BCUT2D eigenvalue weighted by Gasteiger charge is -2.15. The minimum Gasteiger partial charge on any atom is -0.320 e. The summed E-state index contributed by atoms with van der Waals surface area (Å²) in [6, 6.07) is 4.15. The Kier molecular flexibility index (Phi) is 5.66. The van der Waals surface area contributed by atoms with Crippen LogP contribution in [0.1, 0.15) is 19.5 Å². The van der Waals surface area contributed by atoms with Gasteiger partial charge >= 0.3 is 0 Å². The molecule has 0 N–H and O–H groups in total. The normalized spacial score (nSPS) is 12.6. The van der Waals surface area contributed by atoms with E-state index in [-0.39, 0.29) is 22.0 Å². The van der Waals surface area contributed by atoms with Crippen molar-refractivity contribution in [2.45, 2.75) is 24.7 Å². The van der Waals surface area contributed by atoms with E-state index >= 15 is 0 Å². The van der Waals surface area contributed by atoms with Crippen LogP contribution in [0.25, 0.3) is 16.7 Å². The van der Waals surface area contributed by atoms with Crippen molar-refractivity contribution in [1.29, 1.82) is 0 Å². The summed E-state index contributed by atoms with van der Waals surface area (Å²) >= 11 is 0. The fourth-order valence-electron chi connectivity index (χ4n) is 2.66. The number of hydrogen-bond acceptors (Lipinski definition) is 6. The summed E-state index contributed by atoms with van der Waals surface area (Å²) in [5, 5.41) is 4.75. The van der Waals surface area contributed by atoms with Gasteiger partial charge in [0.25, 0.3) is 5.92 Å². The molecule has 11 heteroatoms. The number of rotatable bonds is 7. The molecule has 0 saturated heterocycles. The summed E-state index contributed by atoms with van der Waals surface area (Å²) in [5.41, 5.74) is -0.182. The van der Waals surface area contributed by atoms with Gasteiger partial charge in [0.2, 0.25) is 0 Å². The van der Waals surface area contributed by atoms with Crippen molar-refractivity contribution < 1.29 is 17.2 Å². The van der Waals surface area contributed by atoms with Crippen molar-refractivity contribution in [3.8, 4) is 5.82 Å². The summed E-state index contributed by atoms with van der Waals surface area (Å²) in [6.07, 6.45) is 5.58. The van der Waals surface area contributed by atoms with Crippen molar-refractivity contribution >= 4 is 32.9 Å². The number of fused-ring (bicyclic) bond motifs is 1. The van der Waals surface area contributed by atoms with Crippen LogP contribution < -0.4 is 4.90 Å². The van der Waals surface area contributed by atoms with Crippen LogP contribution in [0.4, 0.5) is 14.6 Å². The number of aromatic nitrogens is 4.